The summed E-state index contributed by atoms with van der Waals surface area (Å²) in [6.07, 6.45) is 6.42. The molecule has 0 aromatic carbocycles. The lowest BCUT2D eigenvalue weighted by molar-refractivity contribution is 0.219. The van der Waals surface area contributed by atoms with Gasteiger partial charge in [0, 0.05) is 18.1 Å². The Morgan fingerprint density at radius 1 is 1.50 bits per heavy atom. The van der Waals surface area contributed by atoms with Crippen LogP contribution in [0.4, 0.5) is 0 Å². The molecule has 1 aliphatic heterocycles. The molecule has 0 amide bonds. The highest BCUT2D eigenvalue weighted by Crippen LogP contribution is 2.21. The Bertz CT molecular complexity index is 236. The maximum atomic E-state index is 5.58. The molecule has 1 saturated heterocycles. The highest BCUT2D eigenvalue weighted by molar-refractivity contribution is 7.99. The van der Waals surface area contributed by atoms with Gasteiger partial charge in [0.2, 0.25) is 5.88 Å². The van der Waals surface area contributed by atoms with Crippen LogP contribution in [0.25, 0.3) is 0 Å². The van der Waals surface area contributed by atoms with E-state index in [1.54, 1.807) is 18.6 Å². The van der Waals surface area contributed by atoms with Gasteiger partial charge in [-0.25, -0.2) is 4.98 Å². The summed E-state index contributed by atoms with van der Waals surface area (Å²) in [7, 11) is 0. The third-order valence-electron chi connectivity index (χ3n) is 1.71. The van der Waals surface area contributed by atoms with E-state index in [9.17, 15) is 0 Å². The van der Waals surface area contributed by atoms with Crippen LogP contribution in [0.5, 0.6) is 5.88 Å². The molecule has 0 bridgehead atoms. The van der Waals surface area contributed by atoms with Gasteiger partial charge in [-0.05, 0) is 12.2 Å². The van der Waals surface area contributed by atoms with Crippen molar-refractivity contribution >= 4 is 11.8 Å². The first kappa shape index (κ1) is 7.86. The van der Waals surface area contributed by atoms with E-state index in [1.807, 2.05) is 11.8 Å². The van der Waals surface area contributed by atoms with Crippen molar-refractivity contribution in [2.24, 2.45) is 0 Å². The minimum Gasteiger partial charge on any atom is -0.472 e. The maximum Gasteiger partial charge on any atom is 0.232 e. The number of hydrogen-bond acceptors (Lipinski definition) is 4. The molecular weight excluding hydrogens is 172 g/mol. The summed E-state index contributed by atoms with van der Waals surface area (Å²) >= 11 is 1.93. The average Bonchev–Trinajstić information content (AvgIpc) is 2.59. The average molecular weight is 182 g/mol. The molecule has 2 rings (SSSR count). The molecule has 2 heterocycles. The summed E-state index contributed by atoms with van der Waals surface area (Å²) in [5.41, 5.74) is 0. The summed E-state index contributed by atoms with van der Waals surface area (Å²) in [5.74, 6) is 2.92. The molecule has 12 heavy (non-hydrogen) atoms. The van der Waals surface area contributed by atoms with Crippen molar-refractivity contribution in [3.8, 4) is 5.88 Å². The van der Waals surface area contributed by atoms with Gasteiger partial charge in [0.15, 0.2) is 0 Å². The first-order chi connectivity index (χ1) is 5.95. The van der Waals surface area contributed by atoms with E-state index in [0.717, 1.165) is 12.2 Å². The lowest BCUT2D eigenvalue weighted by Crippen LogP contribution is -2.15. The van der Waals surface area contributed by atoms with Crippen molar-refractivity contribution in [1.82, 2.24) is 9.97 Å². The predicted octanol–water partition coefficient (Wildman–Crippen LogP) is 1.36. The molecule has 1 unspecified atom stereocenters. The molecular formula is C8H10N2OS. The highest BCUT2D eigenvalue weighted by Gasteiger charge is 2.17. The topological polar surface area (TPSA) is 35.0 Å². The second kappa shape index (κ2) is 3.76. The van der Waals surface area contributed by atoms with Gasteiger partial charge in [-0.1, -0.05) is 0 Å². The van der Waals surface area contributed by atoms with Crippen molar-refractivity contribution in [2.75, 3.05) is 11.5 Å². The minimum atomic E-state index is 0.340. The molecule has 3 nitrogen and oxygen atoms in total. The van der Waals surface area contributed by atoms with Gasteiger partial charge in [-0.3, -0.25) is 4.98 Å². The Labute approximate surface area is 75.6 Å². The molecule has 0 N–H and O–H groups in total. The van der Waals surface area contributed by atoms with E-state index in [1.165, 1.54) is 5.75 Å². The Morgan fingerprint density at radius 2 is 2.50 bits per heavy atom. The first-order valence-electron chi connectivity index (χ1n) is 3.95. The zero-order valence-corrected chi connectivity index (χ0v) is 7.46. The number of hydrogen-bond donors (Lipinski definition) is 0. The van der Waals surface area contributed by atoms with E-state index >= 15 is 0 Å². The third kappa shape index (κ3) is 1.88. The summed E-state index contributed by atoms with van der Waals surface area (Å²) in [5, 5.41) is 0. The van der Waals surface area contributed by atoms with E-state index in [-0.39, 0.29) is 0 Å². The molecule has 0 radical (unpaired) electrons. The zero-order valence-electron chi connectivity index (χ0n) is 6.64. The van der Waals surface area contributed by atoms with Crippen LogP contribution in [0, 0.1) is 0 Å². The number of nitrogens with zero attached hydrogens (tertiary/aromatic N) is 2. The van der Waals surface area contributed by atoms with E-state index in [2.05, 4.69) is 9.97 Å². The number of thioether (sulfide) groups is 1. The van der Waals surface area contributed by atoms with Crippen molar-refractivity contribution < 1.29 is 4.74 Å². The second-order valence-electron chi connectivity index (χ2n) is 2.65. The van der Waals surface area contributed by atoms with Gasteiger partial charge in [0.1, 0.15) is 6.10 Å². The summed E-state index contributed by atoms with van der Waals surface area (Å²) < 4.78 is 5.58. The molecule has 0 spiro atoms. The molecule has 1 fully saturated rings. The SMILES string of the molecule is c1cnc(OC2CCSC2)cn1. The summed E-state index contributed by atoms with van der Waals surface area (Å²) in [4.78, 5) is 7.98. The van der Waals surface area contributed by atoms with E-state index in [4.69, 9.17) is 4.74 Å². The van der Waals surface area contributed by atoms with Gasteiger partial charge < -0.3 is 4.74 Å². The highest BCUT2D eigenvalue weighted by atomic mass is 32.2. The molecule has 1 aliphatic rings. The van der Waals surface area contributed by atoms with Crippen molar-refractivity contribution in [2.45, 2.75) is 12.5 Å². The van der Waals surface area contributed by atoms with Crippen LogP contribution in [0.1, 0.15) is 6.42 Å². The lowest BCUT2D eigenvalue weighted by Gasteiger charge is -2.09. The van der Waals surface area contributed by atoms with E-state index < -0.39 is 0 Å². The standard InChI is InChI=1S/C8H10N2OS/c1-4-12-6-7(1)11-8-5-9-2-3-10-8/h2-3,5,7H,1,4,6H2. The van der Waals surface area contributed by atoms with Crippen molar-refractivity contribution in [3.05, 3.63) is 18.6 Å². The fraction of sp³-hybridized carbons (Fsp3) is 0.500. The first-order valence-corrected chi connectivity index (χ1v) is 5.11. The summed E-state index contributed by atoms with van der Waals surface area (Å²) in [6.45, 7) is 0. The van der Waals surface area contributed by atoms with Crippen molar-refractivity contribution in [3.63, 3.8) is 0 Å². The van der Waals surface area contributed by atoms with Gasteiger partial charge >= 0.3 is 0 Å². The molecule has 0 saturated carbocycles. The van der Waals surface area contributed by atoms with Crippen LogP contribution in [0.3, 0.4) is 0 Å². The molecule has 0 aliphatic carbocycles. The molecule has 1 aromatic rings. The van der Waals surface area contributed by atoms with Crippen LogP contribution in [-0.2, 0) is 0 Å². The van der Waals surface area contributed by atoms with Gasteiger partial charge in [0.05, 0.1) is 6.20 Å². The van der Waals surface area contributed by atoms with Gasteiger partial charge in [-0.2, -0.15) is 11.8 Å². The van der Waals surface area contributed by atoms with Crippen LogP contribution >= 0.6 is 11.8 Å². The Balaban J connectivity index is 1.94. The normalized spacial score (nSPS) is 22.5. The Morgan fingerprint density at radius 3 is 3.17 bits per heavy atom. The minimum absolute atomic E-state index is 0.340. The molecule has 4 heteroatoms. The number of aromatic nitrogens is 2. The van der Waals surface area contributed by atoms with E-state index in [0.29, 0.717) is 12.0 Å². The fourth-order valence-electron chi connectivity index (χ4n) is 1.12. The van der Waals surface area contributed by atoms with Crippen LogP contribution in [-0.4, -0.2) is 27.6 Å². The van der Waals surface area contributed by atoms with Gasteiger partial charge in [-0.15, -0.1) is 0 Å². The maximum absolute atomic E-state index is 5.58. The Kier molecular flexibility index (Phi) is 2.46. The van der Waals surface area contributed by atoms with Crippen LogP contribution in [0.15, 0.2) is 18.6 Å². The quantitative estimate of drug-likeness (QED) is 0.691. The largest absolute Gasteiger partial charge is 0.472 e. The van der Waals surface area contributed by atoms with Gasteiger partial charge in [0.25, 0.3) is 0 Å². The monoisotopic (exact) mass is 182 g/mol. The lowest BCUT2D eigenvalue weighted by atomic mass is 10.3. The molecule has 1 atom stereocenters. The Hall–Kier alpha value is -0.770. The summed E-state index contributed by atoms with van der Waals surface area (Å²) in [6, 6.07) is 0. The van der Waals surface area contributed by atoms with Crippen LogP contribution in [0.2, 0.25) is 0 Å². The number of ether oxygens (including phenoxy) is 1. The third-order valence-corrected chi connectivity index (χ3v) is 2.85. The number of rotatable bonds is 2. The van der Waals surface area contributed by atoms with Crippen LogP contribution < -0.4 is 4.74 Å². The molecule has 1 aromatic heterocycles. The molecule has 64 valence electrons. The predicted molar refractivity (Wildman–Crippen MR) is 48.4 cm³/mol. The zero-order chi connectivity index (χ0) is 8.23. The fourth-order valence-corrected chi connectivity index (χ4v) is 2.22. The smallest absolute Gasteiger partial charge is 0.232 e. The van der Waals surface area contributed by atoms with Crippen molar-refractivity contribution in [1.29, 1.82) is 0 Å². The second-order valence-corrected chi connectivity index (χ2v) is 3.80.